The van der Waals surface area contributed by atoms with Gasteiger partial charge < -0.3 is 5.73 Å². The minimum atomic E-state index is 0.0793. The SMILES string of the molecule is CCCCCCCCCCCCC(=O)CC(N)CC. The summed E-state index contributed by atoms with van der Waals surface area (Å²) in [5.41, 5.74) is 5.77. The predicted molar refractivity (Wildman–Crippen MR) is 84.4 cm³/mol. The molecule has 2 heteroatoms. The molecule has 114 valence electrons. The van der Waals surface area contributed by atoms with Crippen LogP contribution >= 0.6 is 0 Å². The first-order valence-corrected chi connectivity index (χ1v) is 8.48. The molecule has 0 aliphatic carbocycles. The maximum atomic E-state index is 11.6. The van der Waals surface area contributed by atoms with E-state index in [9.17, 15) is 4.79 Å². The zero-order valence-electron chi connectivity index (χ0n) is 13.3. The van der Waals surface area contributed by atoms with Crippen molar-refractivity contribution in [2.75, 3.05) is 0 Å². The Morgan fingerprint density at radius 1 is 0.842 bits per heavy atom. The highest BCUT2D eigenvalue weighted by molar-refractivity contribution is 5.78. The molecular formula is C17H35NO. The largest absolute Gasteiger partial charge is 0.327 e. The maximum Gasteiger partial charge on any atom is 0.134 e. The van der Waals surface area contributed by atoms with Gasteiger partial charge in [-0.25, -0.2) is 0 Å². The van der Waals surface area contributed by atoms with E-state index in [2.05, 4.69) is 6.92 Å². The van der Waals surface area contributed by atoms with Crippen molar-refractivity contribution in [3.8, 4) is 0 Å². The van der Waals surface area contributed by atoms with Gasteiger partial charge in [0.25, 0.3) is 0 Å². The number of hydrogen-bond acceptors (Lipinski definition) is 2. The van der Waals surface area contributed by atoms with Crippen molar-refractivity contribution in [3.05, 3.63) is 0 Å². The van der Waals surface area contributed by atoms with Crippen molar-refractivity contribution in [2.24, 2.45) is 5.73 Å². The Labute approximate surface area is 120 Å². The molecule has 0 saturated heterocycles. The minimum Gasteiger partial charge on any atom is -0.327 e. The standard InChI is InChI=1S/C17H35NO/c1-3-5-6-7-8-9-10-11-12-13-14-17(19)15-16(18)4-2/h16H,3-15,18H2,1-2H3. The van der Waals surface area contributed by atoms with Gasteiger partial charge in [-0.15, -0.1) is 0 Å². The summed E-state index contributed by atoms with van der Waals surface area (Å²) in [6.07, 6.45) is 15.4. The average molecular weight is 269 g/mol. The lowest BCUT2D eigenvalue weighted by molar-refractivity contribution is -0.119. The molecule has 0 aliphatic heterocycles. The molecule has 0 radical (unpaired) electrons. The van der Waals surface area contributed by atoms with E-state index in [1.54, 1.807) is 0 Å². The van der Waals surface area contributed by atoms with Crippen molar-refractivity contribution in [1.82, 2.24) is 0 Å². The smallest absolute Gasteiger partial charge is 0.134 e. The van der Waals surface area contributed by atoms with Crippen LogP contribution in [0.15, 0.2) is 0 Å². The van der Waals surface area contributed by atoms with Crippen LogP contribution in [0.5, 0.6) is 0 Å². The van der Waals surface area contributed by atoms with Gasteiger partial charge in [-0.05, 0) is 12.8 Å². The van der Waals surface area contributed by atoms with Crippen molar-refractivity contribution >= 4 is 5.78 Å². The molecule has 1 atom stereocenters. The Kier molecular flexibility index (Phi) is 13.8. The molecule has 0 aromatic carbocycles. The lowest BCUT2D eigenvalue weighted by atomic mass is 10.0. The highest BCUT2D eigenvalue weighted by Crippen LogP contribution is 2.12. The first-order chi connectivity index (χ1) is 9.20. The first kappa shape index (κ1) is 18.6. The Hall–Kier alpha value is -0.370. The van der Waals surface area contributed by atoms with E-state index in [1.807, 2.05) is 6.92 Å². The summed E-state index contributed by atoms with van der Waals surface area (Å²) in [4.78, 5) is 11.6. The maximum absolute atomic E-state index is 11.6. The quantitative estimate of drug-likeness (QED) is 0.451. The second-order valence-electron chi connectivity index (χ2n) is 5.84. The fourth-order valence-electron chi connectivity index (χ4n) is 2.35. The van der Waals surface area contributed by atoms with E-state index in [-0.39, 0.29) is 6.04 Å². The summed E-state index contributed by atoms with van der Waals surface area (Å²) in [5, 5.41) is 0. The average Bonchev–Trinajstić information content (AvgIpc) is 2.40. The third-order valence-corrected chi connectivity index (χ3v) is 3.82. The van der Waals surface area contributed by atoms with Gasteiger partial charge in [-0.2, -0.15) is 0 Å². The summed E-state index contributed by atoms with van der Waals surface area (Å²) >= 11 is 0. The molecule has 0 aromatic rings. The van der Waals surface area contributed by atoms with E-state index in [0.717, 1.165) is 19.3 Å². The van der Waals surface area contributed by atoms with Crippen LogP contribution in [0.2, 0.25) is 0 Å². The number of nitrogens with two attached hydrogens (primary N) is 1. The highest BCUT2D eigenvalue weighted by Gasteiger charge is 2.06. The number of Topliss-reactive ketones (excluding diaryl/α,β-unsaturated/α-hetero) is 1. The molecule has 2 N–H and O–H groups in total. The number of carbonyl (C=O) groups excluding carboxylic acids is 1. The molecule has 0 heterocycles. The number of ketones is 1. The van der Waals surface area contributed by atoms with Gasteiger partial charge >= 0.3 is 0 Å². The van der Waals surface area contributed by atoms with Gasteiger partial charge in [0.15, 0.2) is 0 Å². The van der Waals surface area contributed by atoms with Gasteiger partial charge in [0, 0.05) is 18.9 Å². The Morgan fingerprint density at radius 2 is 1.32 bits per heavy atom. The molecule has 19 heavy (non-hydrogen) atoms. The number of rotatable bonds is 14. The van der Waals surface area contributed by atoms with E-state index >= 15 is 0 Å². The van der Waals surface area contributed by atoms with Crippen LogP contribution in [0.25, 0.3) is 0 Å². The Balaban J connectivity index is 3.16. The molecule has 0 spiro atoms. The third-order valence-electron chi connectivity index (χ3n) is 3.82. The zero-order chi connectivity index (χ0) is 14.3. The molecular weight excluding hydrogens is 234 g/mol. The zero-order valence-corrected chi connectivity index (χ0v) is 13.3. The van der Waals surface area contributed by atoms with E-state index in [1.165, 1.54) is 57.8 Å². The van der Waals surface area contributed by atoms with Crippen LogP contribution in [0.3, 0.4) is 0 Å². The van der Waals surface area contributed by atoms with Crippen molar-refractivity contribution in [2.45, 2.75) is 103 Å². The summed E-state index contributed by atoms with van der Waals surface area (Å²) < 4.78 is 0. The monoisotopic (exact) mass is 269 g/mol. The fraction of sp³-hybridized carbons (Fsp3) is 0.941. The number of hydrogen-bond donors (Lipinski definition) is 1. The Morgan fingerprint density at radius 3 is 1.79 bits per heavy atom. The van der Waals surface area contributed by atoms with E-state index in [0.29, 0.717) is 12.2 Å². The molecule has 0 fully saturated rings. The van der Waals surface area contributed by atoms with Gasteiger partial charge in [-0.3, -0.25) is 4.79 Å². The summed E-state index contributed by atoms with van der Waals surface area (Å²) in [6.45, 7) is 4.30. The minimum absolute atomic E-state index is 0.0793. The predicted octanol–water partition coefficient (Wildman–Crippen LogP) is 4.99. The van der Waals surface area contributed by atoms with Gasteiger partial charge in [0.1, 0.15) is 5.78 Å². The topological polar surface area (TPSA) is 43.1 Å². The van der Waals surface area contributed by atoms with Crippen LogP contribution in [-0.4, -0.2) is 11.8 Å². The van der Waals surface area contributed by atoms with Gasteiger partial charge in [0.05, 0.1) is 0 Å². The number of carbonyl (C=O) groups is 1. The first-order valence-electron chi connectivity index (χ1n) is 8.48. The molecule has 0 bridgehead atoms. The highest BCUT2D eigenvalue weighted by atomic mass is 16.1. The van der Waals surface area contributed by atoms with Crippen LogP contribution in [0, 0.1) is 0 Å². The van der Waals surface area contributed by atoms with Crippen LogP contribution in [0.4, 0.5) is 0 Å². The summed E-state index contributed by atoms with van der Waals surface area (Å²) in [7, 11) is 0. The molecule has 0 rings (SSSR count). The second-order valence-corrected chi connectivity index (χ2v) is 5.84. The molecule has 0 aromatic heterocycles. The number of unbranched alkanes of at least 4 members (excludes halogenated alkanes) is 9. The summed E-state index contributed by atoms with van der Waals surface area (Å²) in [6, 6.07) is 0.0793. The molecule has 0 amide bonds. The van der Waals surface area contributed by atoms with Crippen LogP contribution < -0.4 is 5.73 Å². The fourth-order valence-corrected chi connectivity index (χ4v) is 2.35. The lowest BCUT2D eigenvalue weighted by Gasteiger charge is -2.07. The molecule has 0 aliphatic rings. The Bertz CT molecular complexity index is 203. The van der Waals surface area contributed by atoms with Gasteiger partial charge in [0.2, 0.25) is 0 Å². The van der Waals surface area contributed by atoms with Crippen molar-refractivity contribution in [3.63, 3.8) is 0 Å². The lowest BCUT2D eigenvalue weighted by Crippen LogP contribution is -2.22. The third kappa shape index (κ3) is 13.9. The van der Waals surface area contributed by atoms with E-state index < -0.39 is 0 Å². The second kappa shape index (κ2) is 14.0. The normalized spacial score (nSPS) is 12.6. The molecule has 1 unspecified atom stereocenters. The van der Waals surface area contributed by atoms with Gasteiger partial charge in [-0.1, -0.05) is 71.6 Å². The molecule has 2 nitrogen and oxygen atoms in total. The van der Waals surface area contributed by atoms with Crippen molar-refractivity contribution in [1.29, 1.82) is 0 Å². The van der Waals surface area contributed by atoms with E-state index in [4.69, 9.17) is 5.73 Å². The summed E-state index contributed by atoms with van der Waals surface area (Å²) in [5.74, 6) is 0.355. The van der Waals surface area contributed by atoms with Crippen molar-refractivity contribution < 1.29 is 4.79 Å². The van der Waals surface area contributed by atoms with Crippen LogP contribution in [-0.2, 0) is 4.79 Å². The molecule has 0 saturated carbocycles. The van der Waals surface area contributed by atoms with Crippen LogP contribution in [0.1, 0.15) is 97.3 Å².